The fourth-order valence-electron chi connectivity index (χ4n) is 1.38. The summed E-state index contributed by atoms with van der Waals surface area (Å²) < 4.78 is 18.7. The van der Waals surface area contributed by atoms with E-state index in [-0.39, 0.29) is 11.5 Å². The number of rotatable bonds is 9. The molecule has 0 unspecified atom stereocenters. The highest BCUT2D eigenvalue weighted by molar-refractivity contribution is 5.97. The molecule has 0 aliphatic heterocycles. The van der Waals surface area contributed by atoms with Crippen LogP contribution >= 0.6 is 0 Å². The van der Waals surface area contributed by atoms with Crippen LogP contribution < -0.4 is 9.47 Å². The summed E-state index contributed by atoms with van der Waals surface area (Å²) in [7, 11) is 1.03. The molecule has 24 heavy (non-hydrogen) atoms. The van der Waals surface area contributed by atoms with Crippen molar-refractivity contribution in [3.63, 3.8) is 0 Å². The summed E-state index contributed by atoms with van der Waals surface area (Å²) in [6.07, 6.45) is -1.81. The quantitative estimate of drug-likeness (QED) is 0.453. The van der Waals surface area contributed by atoms with Crippen molar-refractivity contribution in [3.8, 4) is 11.5 Å². The van der Waals surface area contributed by atoms with Crippen LogP contribution in [0.2, 0.25) is 0 Å². The van der Waals surface area contributed by atoms with Gasteiger partial charge in [-0.15, -0.1) is 0 Å². The van der Waals surface area contributed by atoms with Gasteiger partial charge in [0.2, 0.25) is 0 Å². The minimum atomic E-state index is -1.81. The normalized spacial score (nSPS) is 11.0. The summed E-state index contributed by atoms with van der Waals surface area (Å²) in [5.74, 6) is -4.45. The van der Waals surface area contributed by atoms with Crippen LogP contribution in [0.25, 0.3) is 0 Å². The van der Waals surface area contributed by atoms with Gasteiger partial charge >= 0.3 is 23.9 Å². The zero-order valence-corrected chi connectivity index (χ0v) is 12.5. The molecular weight excluding hydrogens is 328 g/mol. The van der Waals surface area contributed by atoms with Gasteiger partial charge in [0.15, 0.2) is 13.2 Å². The number of carbonyl (C=O) groups excluding carboxylic acids is 2. The van der Waals surface area contributed by atoms with Crippen molar-refractivity contribution in [3.05, 3.63) is 24.3 Å². The Kier molecular flexibility index (Phi) is 7.01. The van der Waals surface area contributed by atoms with E-state index in [9.17, 15) is 19.2 Å². The molecule has 10 heteroatoms. The first-order valence-electron chi connectivity index (χ1n) is 6.41. The highest BCUT2D eigenvalue weighted by Crippen LogP contribution is 2.19. The Bertz CT molecular complexity index is 606. The van der Waals surface area contributed by atoms with Crippen molar-refractivity contribution in [1.29, 1.82) is 0 Å². The number of carboxylic acids is 2. The second-order valence-corrected chi connectivity index (χ2v) is 4.17. The number of methoxy groups -OCH3 is 1. The highest BCUT2D eigenvalue weighted by atomic mass is 16.6. The molecule has 0 saturated heterocycles. The second-order valence-electron chi connectivity index (χ2n) is 4.17. The van der Waals surface area contributed by atoms with Crippen LogP contribution in [0.15, 0.2) is 24.3 Å². The third-order valence-electron chi connectivity index (χ3n) is 2.43. The Hall–Kier alpha value is -3.30. The number of benzene rings is 1. The highest BCUT2D eigenvalue weighted by Gasteiger charge is 2.29. The summed E-state index contributed by atoms with van der Waals surface area (Å²) in [5.41, 5.74) is 0. The molecule has 1 aromatic carbocycles. The Balaban J connectivity index is 2.56. The summed E-state index contributed by atoms with van der Waals surface area (Å²) in [6.45, 7) is -1.27. The largest absolute Gasteiger partial charge is 0.482 e. The molecule has 0 bridgehead atoms. The van der Waals surface area contributed by atoms with E-state index >= 15 is 0 Å². The SMILES string of the molecule is COC(=O)[C@@H](Oc1ccc(OCC(=O)OCC(=O)O)cc1)C(=O)O. The monoisotopic (exact) mass is 342 g/mol. The maximum absolute atomic E-state index is 11.3. The second kappa shape index (κ2) is 8.98. The minimum Gasteiger partial charge on any atom is -0.482 e. The predicted molar refractivity (Wildman–Crippen MR) is 74.6 cm³/mol. The van der Waals surface area contributed by atoms with E-state index in [2.05, 4.69) is 9.47 Å². The van der Waals surface area contributed by atoms with Gasteiger partial charge in [-0.2, -0.15) is 0 Å². The average molecular weight is 342 g/mol. The van der Waals surface area contributed by atoms with Crippen molar-refractivity contribution >= 4 is 23.9 Å². The van der Waals surface area contributed by atoms with Crippen molar-refractivity contribution in [2.24, 2.45) is 0 Å². The zero-order chi connectivity index (χ0) is 18.1. The lowest BCUT2D eigenvalue weighted by molar-refractivity contribution is -0.161. The maximum Gasteiger partial charge on any atom is 0.359 e. The third-order valence-corrected chi connectivity index (χ3v) is 2.43. The van der Waals surface area contributed by atoms with Gasteiger partial charge in [0.05, 0.1) is 7.11 Å². The van der Waals surface area contributed by atoms with Gasteiger partial charge in [-0.1, -0.05) is 0 Å². The Labute approximate surface area is 135 Å². The molecule has 130 valence electrons. The first-order valence-corrected chi connectivity index (χ1v) is 6.41. The molecule has 0 heterocycles. The lowest BCUT2D eigenvalue weighted by Crippen LogP contribution is -2.36. The van der Waals surface area contributed by atoms with E-state index in [0.717, 1.165) is 7.11 Å². The van der Waals surface area contributed by atoms with E-state index in [1.54, 1.807) is 0 Å². The van der Waals surface area contributed by atoms with Gasteiger partial charge < -0.3 is 29.2 Å². The molecule has 10 nitrogen and oxygen atoms in total. The van der Waals surface area contributed by atoms with Crippen LogP contribution in [0.4, 0.5) is 0 Å². The number of hydrogen-bond donors (Lipinski definition) is 2. The van der Waals surface area contributed by atoms with Crippen molar-refractivity contribution < 1.29 is 48.3 Å². The van der Waals surface area contributed by atoms with Gasteiger partial charge in [0.1, 0.15) is 11.5 Å². The molecule has 1 atom stereocenters. The van der Waals surface area contributed by atoms with Crippen LogP contribution in [0.1, 0.15) is 0 Å². The average Bonchev–Trinajstić information content (AvgIpc) is 2.56. The molecule has 2 N–H and O–H groups in total. The molecule has 0 saturated carbocycles. The molecule has 1 aromatic rings. The molecule has 0 aliphatic rings. The van der Waals surface area contributed by atoms with Crippen LogP contribution in [0.3, 0.4) is 0 Å². The standard InChI is InChI=1S/C14H14O10/c1-21-14(20)12(13(18)19)24-9-4-2-8(3-5-9)22-7-11(17)23-6-10(15)16/h2-5,12H,6-7H2,1H3,(H,15,16)(H,18,19)/t12-/m0/s1. The summed E-state index contributed by atoms with van der Waals surface area (Å²) >= 11 is 0. The maximum atomic E-state index is 11.3. The Morgan fingerprint density at radius 3 is 2.08 bits per heavy atom. The van der Waals surface area contributed by atoms with Gasteiger partial charge in [-0.25, -0.2) is 19.2 Å². The number of hydrogen-bond acceptors (Lipinski definition) is 8. The van der Waals surface area contributed by atoms with Gasteiger partial charge in [0.25, 0.3) is 6.10 Å². The summed E-state index contributed by atoms with van der Waals surface area (Å²) in [4.78, 5) is 43.6. The Morgan fingerprint density at radius 1 is 1.00 bits per heavy atom. The van der Waals surface area contributed by atoms with E-state index in [4.69, 9.17) is 19.7 Å². The number of ether oxygens (including phenoxy) is 4. The predicted octanol–water partition coefficient (Wildman–Crippen LogP) is -0.302. The summed E-state index contributed by atoms with van der Waals surface area (Å²) in [6, 6.07) is 5.35. The number of carboxylic acid groups (broad SMARTS) is 2. The van der Waals surface area contributed by atoms with Crippen LogP contribution in [0, 0.1) is 0 Å². The van der Waals surface area contributed by atoms with Crippen LogP contribution in [-0.2, 0) is 28.7 Å². The molecular formula is C14H14O10. The van der Waals surface area contributed by atoms with Gasteiger partial charge in [-0.05, 0) is 24.3 Å². The minimum absolute atomic E-state index is 0.0635. The number of carbonyl (C=O) groups is 4. The van der Waals surface area contributed by atoms with Gasteiger partial charge in [-0.3, -0.25) is 0 Å². The summed E-state index contributed by atoms with van der Waals surface area (Å²) in [5, 5.41) is 17.2. The third kappa shape index (κ3) is 6.22. The van der Waals surface area contributed by atoms with E-state index in [0.29, 0.717) is 0 Å². The molecule has 0 aromatic heterocycles. The molecule has 0 aliphatic carbocycles. The molecule has 0 fully saturated rings. The molecule has 0 amide bonds. The van der Waals surface area contributed by atoms with Crippen molar-refractivity contribution in [2.75, 3.05) is 20.3 Å². The fourth-order valence-corrected chi connectivity index (χ4v) is 1.38. The van der Waals surface area contributed by atoms with E-state index in [1.807, 2.05) is 0 Å². The smallest absolute Gasteiger partial charge is 0.359 e. The lowest BCUT2D eigenvalue weighted by atomic mass is 10.3. The molecule has 0 spiro atoms. The van der Waals surface area contributed by atoms with E-state index in [1.165, 1.54) is 24.3 Å². The molecule has 0 radical (unpaired) electrons. The lowest BCUT2D eigenvalue weighted by Gasteiger charge is -2.13. The van der Waals surface area contributed by atoms with Crippen molar-refractivity contribution in [1.82, 2.24) is 0 Å². The number of aliphatic carboxylic acids is 2. The first kappa shape index (κ1) is 18.7. The van der Waals surface area contributed by atoms with Crippen molar-refractivity contribution in [2.45, 2.75) is 6.10 Å². The van der Waals surface area contributed by atoms with Crippen LogP contribution in [0.5, 0.6) is 11.5 Å². The first-order chi connectivity index (χ1) is 11.3. The zero-order valence-electron chi connectivity index (χ0n) is 12.5. The Morgan fingerprint density at radius 2 is 1.58 bits per heavy atom. The van der Waals surface area contributed by atoms with E-state index < -0.39 is 43.2 Å². The number of esters is 2. The topological polar surface area (TPSA) is 146 Å². The van der Waals surface area contributed by atoms with Crippen LogP contribution in [-0.4, -0.2) is 60.5 Å². The fraction of sp³-hybridized carbons (Fsp3) is 0.286. The van der Waals surface area contributed by atoms with Gasteiger partial charge in [0, 0.05) is 0 Å². The molecule has 1 rings (SSSR count).